The van der Waals surface area contributed by atoms with Gasteiger partial charge in [-0.1, -0.05) is 12.1 Å². The van der Waals surface area contributed by atoms with Crippen LogP contribution in [0.1, 0.15) is 18.6 Å². The van der Waals surface area contributed by atoms with Crippen molar-refractivity contribution in [3.05, 3.63) is 64.7 Å². The normalized spacial score (nSPS) is 11.7. The number of hydrogen-bond acceptors (Lipinski definition) is 8. The highest BCUT2D eigenvalue weighted by molar-refractivity contribution is 7.92. The first-order chi connectivity index (χ1) is 14.4. The molecule has 4 rings (SSSR count). The Bertz CT molecular complexity index is 1350. The SMILES string of the molecule is CCc1nc(Cn2c(=O)oc3cc(S(=O)(=O)Nc4ccc(OC)cc4)ccc32)no1. The van der Waals surface area contributed by atoms with Gasteiger partial charge in [-0.3, -0.25) is 9.29 Å². The molecular weight excluding hydrogens is 412 g/mol. The second kappa shape index (κ2) is 7.67. The number of nitrogens with one attached hydrogen (secondary N) is 1. The molecule has 0 atom stereocenters. The first kappa shape index (κ1) is 19.7. The van der Waals surface area contributed by atoms with E-state index in [1.54, 1.807) is 24.3 Å². The van der Waals surface area contributed by atoms with Crippen LogP contribution < -0.4 is 15.2 Å². The van der Waals surface area contributed by atoms with E-state index in [1.807, 2.05) is 6.92 Å². The monoisotopic (exact) mass is 430 g/mol. The first-order valence-corrected chi connectivity index (χ1v) is 10.5. The van der Waals surface area contributed by atoms with E-state index in [9.17, 15) is 13.2 Å². The largest absolute Gasteiger partial charge is 0.497 e. The van der Waals surface area contributed by atoms with Gasteiger partial charge in [-0.15, -0.1) is 0 Å². The molecule has 2 heterocycles. The van der Waals surface area contributed by atoms with E-state index in [2.05, 4.69) is 14.9 Å². The molecule has 0 unspecified atom stereocenters. The predicted molar refractivity (Wildman–Crippen MR) is 107 cm³/mol. The van der Waals surface area contributed by atoms with Crippen molar-refractivity contribution in [1.82, 2.24) is 14.7 Å². The summed E-state index contributed by atoms with van der Waals surface area (Å²) in [5, 5.41) is 3.82. The molecule has 0 aliphatic carbocycles. The molecule has 10 nitrogen and oxygen atoms in total. The number of nitrogens with zero attached hydrogens (tertiary/aromatic N) is 3. The molecule has 2 aromatic heterocycles. The van der Waals surface area contributed by atoms with Crippen LogP contribution in [0, 0.1) is 0 Å². The van der Waals surface area contributed by atoms with Gasteiger partial charge in [0.05, 0.1) is 24.1 Å². The highest BCUT2D eigenvalue weighted by atomic mass is 32.2. The zero-order valence-electron chi connectivity index (χ0n) is 16.2. The van der Waals surface area contributed by atoms with Gasteiger partial charge < -0.3 is 13.7 Å². The molecule has 0 radical (unpaired) electrons. The molecular formula is C19H18N4O6S. The molecule has 1 N–H and O–H groups in total. The number of benzene rings is 2. The third-order valence-electron chi connectivity index (χ3n) is 4.40. The minimum absolute atomic E-state index is 0.0421. The van der Waals surface area contributed by atoms with Gasteiger partial charge >= 0.3 is 5.76 Å². The highest BCUT2D eigenvalue weighted by Gasteiger charge is 2.19. The number of ether oxygens (including phenoxy) is 1. The lowest BCUT2D eigenvalue weighted by atomic mass is 10.3. The van der Waals surface area contributed by atoms with Crippen molar-refractivity contribution >= 4 is 26.8 Å². The Kier molecular flexibility index (Phi) is 5.04. The maximum atomic E-state index is 12.7. The predicted octanol–water partition coefficient (Wildman–Crippen LogP) is 2.40. The van der Waals surface area contributed by atoms with Crippen molar-refractivity contribution < 1.29 is 22.1 Å². The summed E-state index contributed by atoms with van der Waals surface area (Å²) in [6, 6.07) is 10.6. The summed E-state index contributed by atoms with van der Waals surface area (Å²) in [5.74, 6) is 0.749. The molecule has 0 aliphatic rings. The molecule has 0 aliphatic heterocycles. The van der Waals surface area contributed by atoms with Crippen molar-refractivity contribution in [2.24, 2.45) is 0 Å². The summed E-state index contributed by atoms with van der Waals surface area (Å²) in [6.45, 7) is 1.92. The fourth-order valence-corrected chi connectivity index (χ4v) is 3.95. The summed E-state index contributed by atoms with van der Waals surface area (Å²) in [5.41, 5.74) is 0.932. The fraction of sp³-hybridized carbons (Fsp3) is 0.211. The van der Waals surface area contributed by atoms with Crippen LogP contribution in [0.15, 0.2) is 61.1 Å². The van der Waals surface area contributed by atoms with Crippen LogP contribution in [0.3, 0.4) is 0 Å². The van der Waals surface area contributed by atoms with Gasteiger partial charge in [0, 0.05) is 18.2 Å². The summed E-state index contributed by atoms with van der Waals surface area (Å²) in [4.78, 5) is 16.4. The molecule has 30 heavy (non-hydrogen) atoms. The van der Waals surface area contributed by atoms with Crippen LogP contribution in [0.25, 0.3) is 11.1 Å². The summed E-state index contributed by atoms with van der Waals surface area (Å²) >= 11 is 0. The lowest BCUT2D eigenvalue weighted by molar-refractivity contribution is 0.375. The Morgan fingerprint density at radius 3 is 2.60 bits per heavy atom. The molecule has 0 amide bonds. The summed E-state index contributed by atoms with van der Waals surface area (Å²) in [7, 11) is -2.37. The lowest BCUT2D eigenvalue weighted by Gasteiger charge is -2.09. The molecule has 0 saturated carbocycles. The van der Waals surface area contributed by atoms with Gasteiger partial charge in [0.15, 0.2) is 11.4 Å². The van der Waals surface area contributed by atoms with Crippen LogP contribution in [-0.4, -0.2) is 30.2 Å². The molecule has 0 fully saturated rings. The van der Waals surface area contributed by atoms with Gasteiger partial charge in [0.1, 0.15) is 5.75 Å². The van der Waals surface area contributed by atoms with Gasteiger partial charge in [-0.2, -0.15) is 4.98 Å². The van der Waals surface area contributed by atoms with E-state index in [1.165, 1.54) is 29.9 Å². The Balaban J connectivity index is 1.63. The van der Waals surface area contributed by atoms with Gasteiger partial charge in [-0.25, -0.2) is 13.2 Å². The van der Waals surface area contributed by atoms with Crippen molar-refractivity contribution in [3.63, 3.8) is 0 Å². The van der Waals surface area contributed by atoms with Crippen molar-refractivity contribution in [1.29, 1.82) is 0 Å². The molecule has 4 aromatic rings. The summed E-state index contributed by atoms with van der Waals surface area (Å²) in [6.07, 6.45) is 0.580. The number of fused-ring (bicyclic) bond motifs is 1. The minimum atomic E-state index is -3.89. The molecule has 0 saturated heterocycles. The second-order valence-corrected chi connectivity index (χ2v) is 8.06. The fourth-order valence-electron chi connectivity index (χ4n) is 2.88. The topological polar surface area (TPSA) is 129 Å². The number of anilines is 1. The second-order valence-electron chi connectivity index (χ2n) is 6.38. The van der Waals surface area contributed by atoms with Gasteiger partial charge in [-0.05, 0) is 36.4 Å². The highest BCUT2D eigenvalue weighted by Crippen LogP contribution is 2.23. The third-order valence-corrected chi connectivity index (χ3v) is 5.78. The smallest absolute Gasteiger partial charge is 0.420 e. The maximum Gasteiger partial charge on any atom is 0.420 e. The van der Waals surface area contributed by atoms with Crippen LogP contribution >= 0.6 is 0 Å². The number of sulfonamides is 1. The average Bonchev–Trinajstić information content (AvgIpc) is 3.32. The number of rotatable bonds is 7. The van der Waals surface area contributed by atoms with E-state index in [0.717, 1.165) is 0 Å². The van der Waals surface area contributed by atoms with Gasteiger partial charge in [0.25, 0.3) is 10.0 Å². The third kappa shape index (κ3) is 3.79. The van der Waals surface area contributed by atoms with E-state index in [0.29, 0.717) is 35.1 Å². The average molecular weight is 430 g/mol. The van der Waals surface area contributed by atoms with Crippen molar-refractivity contribution in [2.75, 3.05) is 11.8 Å². The van der Waals surface area contributed by atoms with Crippen molar-refractivity contribution in [3.8, 4) is 5.75 Å². The molecule has 0 bridgehead atoms. The zero-order valence-corrected chi connectivity index (χ0v) is 17.0. The Labute approximate surface area is 171 Å². The van der Waals surface area contributed by atoms with E-state index >= 15 is 0 Å². The van der Waals surface area contributed by atoms with E-state index < -0.39 is 15.8 Å². The number of methoxy groups -OCH3 is 1. The van der Waals surface area contributed by atoms with Crippen LogP contribution in [0.2, 0.25) is 0 Å². The maximum absolute atomic E-state index is 12.7. The quantitative estimate of drug-likeness (QED) is 0.473. The molecule has 156 valence electrons. The number of aromatic nitrogens is 3. The molecule has 0 spiro atoms. The van der Waals surface area contributed by atoms with Crippen LogP contribution in [0.5, 0.6) is 5.75 Å². The van der Waals surface area contributed by atoms with Crippen molar-refractivity contribution in [2.45, 2.75) is 24.8 Å². The number of oxazole rings is 1. The van der Waals surface area contributed by atoms with Crippen LogP contribution in [-0.2, 0) is 23.0 Å². The zero-order chi connectivity index (χ0) is 21.3. The molecule has 2 aromatic carbocycles. The number of aryl methyl sites for hydroxylation is 1. The number of hydrogen-bond donors (Lipinski definition) is 1. The van der Waals surface area contributed by atoms with Gasteiger partial charge in [0.2, 0.25) is 5.89 Å². The van der Waals surface area contributed by atoms with E-state index in [4.69, 9.17) is 13.7 Å². The molecule has 11 heteroatoms. The standard InChI is InChI=1S/C19H18N4O6S/c1-3-18-20-17(21-29-18)11-23-15-9-8-14(10-16(15)28-19(23)24)30(25,26)22-12-4-6-13(27-2)7-5-12/h4-10,22H,3,11H2,1-2H3. The minimum Gasteiger partial charge on any atom is -0.497 e. The van der Waals surface area contributed by atoms with Crippen LogP contribution in [0.4, 0.5) is 5.69 Å². The Morgan fingerprint density at radius 2 is 1.93 bits per heavy atom. The van der Waals surface area contributed by atoms with E-state index in [-0.39, 0.29) is 17.0 Å². The Morgan fingerprint density at radius 1 is 1.17 bits per heavy atom. The lowest BCUT2D eigenvalue weighted by Crippen LogP contribution is -2.15. The first-order valence-electron chi connectivity index (χ1n) is 9.01. The Hall–Kier alpha value is -3.60. The summed E-state index contributed by atoms with van der Waals surface area (Å²) < 4.78 is 44.6.